The summed E-state index contributed by atoms with van der Waals surface area (Å²) in [6.07, 6.45) is 1.70. The molecule has 0 aliphatic carbocycles. The highest BCUT2D eigenvalue weighted by Crippen LogP contribution is 2.36. The first kappa shape index (κ1) is 25.3. The van der Waals surface area contributed by atoms with Gasteiger partial charge in [-0.25, -0.2) is 9.18 Å². The molecule has 1 amide bonds. The van der Waals surface area contributed by atoms with Crippen LogP contribution in [0.25, 0.3) is 22.5 Å². The third-order valence-corrected chi connectivity index (χ3v) is 7.12. The number of amides is 1. The first-order valence-electron chi connectivity index (χ1n) is 10.9. The molecule has 4 rings (SSSR count). The first-order valence-corrected chi connectivity index (χ1v) is 12.8. The van der Waals surface area contributed by atoms with E-state index in [4.69, 9.17) is 4.74 Å². The monoisotopic (exact) mass is 522 g/mol. The lowest BCUT2D eigenvalue weighted by Crippen LogP contribution is -2.16. The predicted octanol–water partition coefficient (Wildman–Crippen LogP) is 5.82. The van der Waals surface area contributed by atoms with Crippen LogP contribution in [0.4, 0.5) is 9.39 Å². The standard InChI is InChI=1S/C26H23FN4O3S2/c1-4-13-31-23(18-9-11-19(27)12-10-18)29-30-26(31)36-15-21(32)28-24-22(25(33)34-3)20(14-35-24)17-7-5-16(2)6-8-17/h4-12,14H,1,13,15H2,2-3H3,(H,28,32). The summed E-state index contributed by atoms with van der Waals surface area (Å²) in [6.45, 7) is 6.18. The van der Waals surface area contributed by atoms with Gasteiger partial charge in [-0.05, 0) is 36.8 Å². The summed E-state index contributed by atoms with van der Waals surface area (Å²) >= 11 is 2.47. The number of halogens is 1. The minimum atomic E-state index is -0.524. The molecular formula is C26H23FN4O3S2. The van der Waals surface area contributed by atoms with Crippen LogP contribution in [0.15, 0.2) is 71.7 Å². The molecular weight excluding hydrogens is 499 g/mol. The van der Waals surface area contributed by atoms with Crippen LogP contribution in [0, 0.1) is 12.7 Å². The average molecular weight is 523 g/mol. The normalized spacial score (nSPS) is 10.8. The van der Waals surface area contributed by atoms with Crippen LogP contribution < -0.4 is 5.32 Å². The summed E-state index contributed by atoms with van der Waals surface area (Å²) in [4.78, 5) is 25.4. The highest BCUT2D eigenvalue weighted by Gasteiger charge is 2.23. The molecule has 10 heteroatoms. The summed E-state index contributed by atoms with van der Waals surface area (Å²) in [6, 6.07) is 13.7. The summed E-state index contributed by atoms with van der Waals surface area (Å²) in [5, 5.41) is 14.0. The molecule has 4 aromatic rings. The number of rotatable bonds is 9. The van der Waals surface area contributed by atoms with E-state index in [1.807, 2.05) is 36.6 Å². The Kier molecular flexibility index (Phi) is 7.97. The van der Waals surface area contributed by atoms with Gasteiger partial charge in [0.1, 0.15) is 16.4 Å². The molecule has 0 radical (unpaired) electrons. The summed E-state index contributed by atoms with van der Waals surface area (Å²) in [7, 11) is 1.31. The number of allylic oxidation sites excluding steroid dienone is 1. The maximum atomic E-state index is 13.3. The number of carbonyl (C=O) groups excluding carboxylic acids is 2. The predicted molar refractivity (Wildman–Crippen MR) is 141 cm³/mol. The number of aryl methyl sites for hydroxylation is 1. The lowest BCUT2D eigenvalue weighted by atomic mass is 10.0. The lowest BCUT2D eigenvalue weighted by Gasteiger charge is -2.09. The van der Waals surface area contributed by atoms with Crippen molar-refractivity contribution in [3.8, 4) is 22.5 Å². The van der Waals surface area contributed by atoms with Crippen LogP contribution >= 0.6 is 23.1 Å². The van der Waals surface area contributed by atoms with Gasteiger partial charge >= 0.3 is 5.97 Å². The molecule has 2 heterocycles. The van der Waals surface area contributed by atoms with Crippen molar-refractivity contribution in [2.45, 2.75) is 18.6 Å². The third kappa shape index (κ3) is 5.55. The summed E-state index contributed by atoms with van der Waals surface area (Å²) in [5.74, 6) is -0.586. The number of carbonyl (C=O) groups is 2. The summed E-state index contributed by atoms with van der Waals surface area (Å²) in [5.41, 5.74) is 3.68. The zero-order valence-electron chi connectivity index (χ0n) is 19.7. The van der Waals surface area contributed by atoms with Crippen LogP contribution in [0.1, 0.15) is 15.9 Å². The van der Waals surface area contributed by atoms with E-state index in [0.29, 0.717) is 39.2 Å². The van der Waals surface area contributed by atoms with Crippen molar-refractivity contribution in [1.29, 1.82) is 0 Å². The second-order valence-electron chi connectivity index (χ2n) is 7.76. The van der Waals surface area contributed by atoms with E-state index >= 15 is 0 Å². The van der Waals surface area contributed by atoms with E-state index in [1.54, 1.807) is 22.8 Å². The fourth-order valence-corrected chi connectivity index (χ4v) is 5.22. The van der Waals surface area contributed by atoms with Crippen LogP contribution in [0.3, 0.4) is 0 Å². The van der Waals surface area contributed by atoms with Crippen molar-refractivity contribution >= 4 is 40.0 Å². The van der Waals surface area contributed by atoms with E-state index in [-0.39, 0.29) is 17.5 Å². The number of hydrogen-bond donors (Lipinski definition) is 1. The highest BCUT2D eigenvalue weighted by molar-refractivity contribution is 7.99. The van der Waals surface area contributed by atoms with Crippen molar-refractivity contribution in [1.82, 2.24) is 14.8 Å². The number of ether oxygens (including phenoxy) is 1. The molecule has 0 spiro atoms. The van der Waals surface area contributed by atoms with Crippen molar-refractivity contribution in [3.63, 3.8) is 0 Å². The molecule has 2 aromatic heterocycles. The number of hydrogen-bond acceptors (Lipinski definition) is 7. The van der Waals surface area contributed by atoms with Gasteiger partial charge in [0.25, 0.3) is 0 Å². The molecule has 184 valence electrons. The Labute approximate surface area is 216 Å². The van der Waals surface area contributed by atoms with Gasteiger partial charge in [-0.2, -0.15) is 0 Å². The number of anilines is 1. The van der Waals surface area contributed by atoms with Gasteiger partial charge < -0.3 is 10.1 Å². The minimum Gasteiger partial charge on any atom is -0.465 e. The van der Waals surface area contributed by atoms with E-state index in [9.17, 15) is 14.0 Å². The van der Waals surface area contributed by atoms with Gasteiger partial charge in [0.2, 0.25) is 5.91 Å². The van der Waals surface area contributed by atoms with Gasteiger partial charge in [0.05, 0.1) is 12.9 Å². The topological polar surface area (TPSA) is 86.1 Å². The van der Waals surface area contributed by atoms with E-state index in [2.05, 4.69) is 22.1 Å². The van der Waals surface area contributed by atoms with Crippen LogP contribution in [-0.2, 0) is 16.1 Å². The number of nitrogens with zero attached hydrogens (tertiary/aromatic N) is 3. The van der Waals surface area contributed by atoms with Crippen LogP contribution in [-0.4, -0.2) is 39.5 Å². The molecule has 2 aromatic carbocycles. The first-order chi connectivity index (χ1) is 17.4. The van der Waals surface area contributed by atoms with Crippen molar-refractivity contribution in [2.75, 3.05) is 18.2 Å². The Morgan fingerprint density at radius 2 is 1.83 bits per heavy atom. The number of nitrogens with one attached hydrogen (secondary N) is 1. The quantitative estimate of drug-likeness (QED) is 0.169. The Hall–Kier alpha value is -3.76. The number of benzene rings is 2. The number of methoxy groups -OCH3 is 1. The maximum Gasteiger partial charge on any atom is 0.341 e. The zero-order valence-corrected chi connectivity index (χ0v) is 21.3. The molecule has 0 aliphatic heterocycles. The van der Waals surface area contributed by atoms with Crippen molar-refractivity contribution in [2.24, 2.45) is 0 Å². The molecule has 36 heavy (non-hydrogen) atoms. The zero-order chi connectivity index (χ0) is 25.7. The van der Waals surface area contributed by atoms with Gasteiger partial charge in [-0.1, -0.05) is 47.7 Å². The molecule has 0 unspecified atom stereocenters. The van der Waals surface area contributed by atoms with E-state index in [1.165, 1.54) is 42.3 Å². The second-order valence-corrected chi connectivity index (χ2v) is 9.58. The molecule has 0 saturated carbocycles. The van der Waals surface area contributed by atoms with Crippen molar-refractivity contribution in [3.05, 3.63) is 83.5 Å². The molecule has 0 bridgehead atoms. The fourth-order valence-electron chi connectivity index (χ4n) is 3.49. The van der Waals surface area contributed by atoms with Gasteiger partial charge in [0, 0.05) is 23.1 Å². The minimum absolute atomic E-state index is 0.0388. The van der Waals surface area contributed by atoms with Crippen LogP contribution in [0.5, 0.6) is 0 Å². The van der Waals surface area contributed by atoms with E-state index < -0.39 is 5.97 Å². The molecule has 7 nitrogen and oxygen atoms in total. The molecule has 0 fully saturated rings. The number of thioether (sulfide) groups is 1. The van der Waals surface area contributed by atoms with E-state index in [0.717, 1.165) is 11.1 Å². The molecule has 0 saturated heterocycles. The van der Waals surface area contributed by atoms with Crippen molar-refractivity contribution < 1.29 is 18.7 Å². The fraction of sp³-hybridized carbons (Fsp3) is 0.154. The number of esters is 1. The second kappa shape index (κ2) is 11.3. The number of thiophene rings is 1. The lowest BCUT2D eigenvalue weighted by molar-refractivity contribution is -0.113. The smallest absolute Gasteiger partial charge is 0.341 e. The Morgan fingerprint density at radius 3 is 2.50 bits per heavy atom. The molecule has 1 N–H and O–H groups in total. The summed E-state index contributed by atoms with van der Waals surface area (Å²) < 4.78 is 20.1. The average Bonchev–Trinajstić information content (AvgIpc) is 3.48. The molecule has 0 atom stereocenters. The maximum absolute atomic E-state index is 13.3. The number of aromatic nitrogens is 3. The van der Waals surface area contributed by atoms with Gasteiger partial charge in [-0.3, -0.25) is 9.36 Å². The largest absolute Gasteiger partial charge is 0.465 e. The third-order valence-electron chi connectivity index (χ3n) is 5.26. The Balaban J connectivity index is 1.52. The highest BCUT2D eigenvalue weighted by atomic mass is 32.2. The van der Waals surface area contributed by atoms with Gasteiger partial charge in [0.15, 0.2) is 11.0 Å². The Bertz CT molecular complexity index is 1400. The van der Waals surface area contributed by atoms with Crippen LogP contribution in [0.2, 0.25) is 0 Å². The van der Waals surface area contributed by atoms with Gasteiger partial charge in [-0.15, -0.1) is 28.1 Å². The SMILES string of the molecule is C=CCn1c(SCC(=O)Nc2scc(-c3ccc(C)cc3)c2C(=O)OC)nnc1-c1ccc(F)cc1. The molecule has 0 aliphatic rings. The Morgan fingerprint density at radius 1 is 1.14 bits per heavy atom.